The Labute approximate surface area is 103 Å². The molecule has 0 fully saturated rings. The molecular weight excluding hydrogens is 216 g/mol. The molecule has 96 valence electrons. The van der Waals surface area contributed by atoms with E-state index in [-0.39, 0.29) is 6.61 Å². The van der Waals surface area contributed by atoms with Crippen molar-refractivity contribution in [3.8, 4) is 5.75 Å². The summed E-state index contributed by atoms with van der Waals surface area (Å²) in [6.45, 7) is 3.64. The van der Waals surface area contributed by atoms with E-state index in [9.17, 15) is 0 Å². The van der Waals surface area contributed by atoms with Gasteiger partial charge in [0.25, 0.3) is 0 Å². The van der Waals surface area contributed by atoms with Crippen LogP contribution in [0.3, 0.4) is 0 Å². The molecule has 0 aliphatic heterocycles. The first-order chi connectivity index (χ1) is 8.36. The number of rotatable bonds is 9. The van der Waals surface area contributed by atoms with Crippen LogP contribution in [-0.4, -0.2) is 38.5 Å². The van der Waals surface area contributed by atoms with Gasteiger partial charge in [-0.15, -0.1) is 0 Å². The van der Waals surface area contributed by atoms with Gasteiger partial charge in [0.05, 0.1) is 13.7 Å². The third-order valence-electron chi connectivity index (χ3n) is 2.46. The van der Waals surface area contributed by atoms with E-state index >= 15 is 0 Å². The Kier molecular flexibility index (Phi) is 7.38. The van der Waals surface area contributed by atoms with Gasteiger partial charge in [-0.05, 0) is 37.2 Å². The molecule has 0 aliphatic rings. The van der Waals surface area contributed by atoms with Crippen molar-refractivity contribution in [2.75, 3.05) is 33.4 Å². The van der Waals surface area contributed by atoms with Crippen LogP contribution in [0.4, 0.5) is 0 Å². The normalized spacial score (nSPS) is 10.5. The zero-order chi connectivity index (χ0) is 12.3. The Morgan fingerprint density at radius 2 is 2.00 bits per heavy atom. The van der Waals surface area contributed by atoms with Crippen LogP contribution in [-0.2, 0) is 6.54 Å². The molecule has 0 heterocycles. The van der Waals surface area contributed by atoms with Gasteiger partial charge in [-0.2, -0.15) is 0 Å². The predicted octanol–water partition coefficient (Wildman–Crippen LogP) is 0.757. The SMILES string of the molecule is COc1cccc(CNCCCNCCO)c1. The monoisotopic (exact) mass is 238 g/mol. The number of hydrogen-bond acceptors (Lipinski definition) is 4. The molecule has 4 nitrogen and oxygen atoms in total. The summed E-state index contributed by atoms with van der Waals surface area (Å²) in [5, 5.41) is 15.1. The maximum atomic E-state index is 8.58. The van der Waals surface area contributed by atoms with E-state index in [2.05, 4.69) is 16.7 Å². The van der Waals surface area contributed by atoms with Crippen LogP contribution >= 0.6 is 0 Å². The molecule has 0 bridgehead atoms. The number of hydrogen-bond donors (Lipinski definition) is 3. The summed E-state index contributed by atoms with van der Waals surface area (Å²) in [6, 6.07) is 8.07. The summed E-state index contributed by atoms with van der Waals surface area (Å²) in [5.41, 5.74) is 1.23. The van der Waals surface area contributed by atoms with Crippen molar-refractivity contribution >= 4 is 0 Å². The highest BCUT2D eigenvalue weighted by molar-refractivity contribution is 5.28. The summed E-state index contributed by atoms with van der Waals surface area (Å²) in [4.78, 5) is 0. The second-order valence-corrected chi connectivity index (χ2v) is 3.86. The highest BCUT2D eigenvalue weighted by Gasteiger charge is 1.95. The second-order valence-electron chi connectivity index (χ2n) is 3.86. The van der Waals surface area contributed by atoms with Crippen LogP contribution in [0, 0.1) is 0 Å². The summed E-state index contributed by atoms with van der Waals surface area (Å²) < 4.78 is 5.17. The van der Waals surface area contributed by atoms with E-state index in [4.69, 9.17) is 9.84 Å². The van der Waals surface area contributed by atoms with Crippen molar-refractivity contribution in [1.82, 2.24) is 10.6 Å². The first-order valence-electron chi connectivity index (χ1n) is 6.02. The maximum Gasteiger partial charge on any atom is 0.119 e. The largest absolute Gasteiger partial charge is 0.497 e. The molecule has 0 atom stereocenters. The van der Waals surface area contributed by atoms with E-state index in [1.165, 1.54) is 5.56 Å². The van der Waals surface area contributed by atoms with Gasteiger partial charge in [0.15, 0.2) is 0 Å². The van der Waals surface area contributed by atoms with Crippen LogP contribution in [0.2, 0.25) is 0 Å². The molecule has 0 saturated heterocycles. The number of aliphatic hydroxyl groups is 1. The fourth-order valence-corrected chi connectivity index (χ4v) is 1.56. The predicted molar refractivity (Wildman–Crippen MR) is 69.3 cm³/mol. The van der Waals surface area contributed by atoms with Crippen molar-refractivity contribution in [1.29, 1.82) is 0 Å². The van der Waals surface area contributed by atoms with Crippen molar-refractivity contribution in [2.45, 2.75) is 13.0 Å². The lowest BCUT2D eigenvalue weighted by atomic mass is 10.2. The van der Waals surface area contributed by atoms with Crippen LogP contribution in [0.1, 0.15) is 12.0 Å². The Bertz CT molecular complexity index is 305. The molecular formula is C13H22N2O2. The molecule has 1 rings (SSSR count). The van der Waals surface area contributed by atoms with Crippen molar-refractivity contribution in [3.05, 3.63) is 29.8 Å². The van der Waals surface area contributed by atoms with Crippen LogP contribution in [0.15, 0.2) is 24.3 Å². The van der Waals surface area contributed by atoms with Crippen LogP contribution in [0.25, 0.3) is 0 Å². The number of nitrogens with one attached hydrogen (secondary N) is 2. The topological polar surface area (TPSA) is 53.5 Å². The Morgan fingerprint density at radius 1 is 1.18 bits per heavy atom. The molecule has 0 radical (unpaired) electrons. The smallest absolute Gasteiger partial charge is 0.119 e. The lowest BCUT2D eigenvalue weighted by Gasteiger charge is -2.07. The van der Waals surface area contributed by atoms with Crippen LogP contribution in [0.5, 0.6) is 5.75 Å². The van der Waals surface area contributed by atoms with E-state index in [1.807, 2.05) is 18.2 Å². The molecule has 0 unspecified atom stereocenters. The van der Waals surface area contributed by atoms with E-state index < -0.39 is 0 Å². The molecule has 4 heteroatoms. The molecule has 1 aromatic rings. The summed E-state index contributed by atoms with van der Waals surface area (Å²) >= 11 is 0. The van der Waals surface area contributed by atoms with Crippen molar-refractivity contribution in [2.24, 2.45) is 0 Å². The maximum absolute atomic E-state index is 8.58. The van der Waals surface area contributed by atoms with Gasteiger partial charge in [0.1, 0.15) is 5.75 Å². The number of methoxy groups -OCH3 is 1. The van der Waals surface area contributed by atoms with Gasteiger partial charge in [-0.1, -0.05) is 12.1 Å². The fraction of sp³-hybridized carbons (Fsp3) is 0.538. The molecule has 0 aromatic heterocycles. The Balaban J connectivity index is 2.09. The molecule has 0 saturated carbocycles. The number of benzene rings is 1. The van der Waals surface area contributed by atoms with E-state index in [1.54, 1.807) is 7.11 Å². The summed E-state index contributed by atoms with van der Waals surface area (Å²) in [6.07, 6.45) is 1.06. The summed E-state index contributed by atoms with van der Waals surface area (Å²) in [5.74, 6) is 0.897. The molecule has 17 heavy (non-hydrogen) atoms. The highest BCUT2D eigenvalue weighted by Crippen LogP contribution is 2.11. The average Bonchev–Trinajstić information content (AvgIpc) is 2.38. The fourth-order valence-electron chi connectivity index (χ4n) is 1.56. The van der Waals surface area contributed by atoms with E-state index in [0.29, 0.717) is 6.54 Å². The first-order valence-corrected chi connectivity index (χ1v) is 6.02. The van der Waals surface area contributed by atoms with Gasteiger partial charge < -0.3 is 20.5 Å². The third-order valence-corrected chi connectivity index (χ3v) is 2.46. The average molecular weight is 238 g/mol. The lowest BCUT2D eigenvalue weighted by molar-refractivity contribution is 0.292. The van der Waals surface area contributed by atoms with Crippen molar-refractivity contribution in [3.63, 3.8) is 0 Å². The minimum absolute atomic E-state index is 0.206. The van der Waals surface area contributed by atoms with Gasteiger partial charge in [0, 0.05) is 13.1 Å². The minimum atomic E-state index is 0.206. The molecule has 3 N–H and O–H groups in total. The van der Waals surface area contributed by atoms with Gasteiger partial charge in [-0.25, -0.2) is 0 Å². The van der Waals surface area contributed by atoms with Gasteiger partial charge >= 0.3 is 0 Å². The zero-order valence-corrected chi connectivity index (χ0v) is 10.4. The van der Waals surface area contributed by atoms with Gasteiger partial charge in [0.2, 0.25) is 0 Å². The third kappa shape index (κ3) is 6.26. The van der Waals surface area contributed by atoms with Crippen LogP contribution < -0.4 is 15.4 Å². The lowest BCUT2D eigenvalue weighted by Crippen LogP contribution is -2.23. The molecule has 1 aromatic carbocycles. The van der Waals surface area contributed by atoms with E-state index in [0.717, 1.165) is 31.8 Å². The highest BCUT2D eigenvalue weighted by atomic mass is 16.5. The standard InChI is InChI=1S/C13H22N2O2/c1-17-13-5-2-4-12(10-13)11-15-7-3-6-14-8-9-16/h2,4-5,10,14-16H,3,6-9,11H2,1H3. The zero-order valence-electron chi connectivity index (χ0n) is 10.4. The molecule has 0 aliphatic carbocycles. The number of aliphatic hydroxyl groups excluding tert-OH is 1. The minimum Gasteiger partial charge on any atom is -0.497 e. The Morgan fingerprint density at radius 3 is 2.76 bits per heavy atom. The first kappa shape index (κ1) is 14.0. The molecule has 0 spiro atoms. The second kappa shape index (κ2) is 8.98. The quantitative estimate of drug-likeness (QED) is 0.556. The van der Waals surface area contributed by atoms with Crippen molar-refractivity contribution < 1.29 is 9.84 Å². The van der Waals surface area contributed by atoms with Gasteiger partial charge in [-0.3, -0.25) is 0 Å². The number of ether oxygens (including phenoxy) is 1. The molecule has 0 amide bonds. The summed E-state index contributed by atoms with van der Waals surface area (Å²) in [7, 11) is 1.68. The Hall–Kier alpha value is -1.10.